The predicted octanol–water partition coefficient (Wildman–Crippen LogP) is 3.18. The number of alkyl halides is 1. The van der Waals surface area contributed by atoms with Crippen molar-refractivity contribution in [1.29, 1.82) is 0 Å². The zero-order valence-corrected chi connectivity index (χ0v) is 9.10. The molecule has 0 aliphatic heterocycles. The number of hydrogen-bond donors (Lipinski definition) is 0. The zero-order chi connectivity index (χ0) is 10.6. The Balaban J connectivity index is 2.99. The van der Waals surface area contributed by atoms with Gasteiger partial charge in [-0.05, 0) is 30.4 Å². The predicted molar refractivity (Wildman–Crippen MR) is 57.4 cm³/mol. The van der Waals surface area contributed by atoms with Crippen LogP contribution in [-0.2, 0) is 10.5 Å². The highest BCUT2D eigenvalue weighted by atomic mass is 32.2. The molecule has 0 heterocycles. The van der Waals surface area contributed by atoms with E-state index in [9.17, 15) is 9.18 Å². The second-order valence-corrected chi connectivity index (χ2v) is 4.49. The van der Waals surface area contributed by atoms with Gasteiger partial charge in [-0.1, -0.05) is 19.1 Å². The molecule has 0 spiro atoms. The quantitative estimate of drug-likeness (QED) is 0.563. The molecule has 1 atom stereocenters. The van der Waals surface area contributed by atoms with Gasteiger partial charge in [0.1, 0.15) is 0 Å². The third-order valence-corrected chi connectivity index (χ3v) is 2.81. The minimum atomic E-state index is -1.87. The summed E-state index contributed by atoms with van der Waals surface area (Å²) in [6.45, 7) is 3.31. The van der Waals surface area contributed by atoms with E-state index >= 15 is 0 Å². The summed E-state index contributed by atoms with van der Waals surface area (Å²) in [6, 6.07) is 7.05. The number of carbonyl (C=O) groups is 1. The fourth-order valence-electron chi connectivity index (χ4n) is 1.12. The fourth-order valence-corrected chi connectivity index (χ4v) is 1.84. The monoisotopic (exact) mass is 212 g/mol. The van der Waals surface area contributed by atoms with Gasteiger partial charge in [-0.25, -0.2) is 4.39 Å². The average molecular weight is 212 g/mol. The summed E-state index contributed by atoms with van der Waals surface area (Å²) in [4.78, 5) is 11.5. The summed E-state index contributed by atoms with van der Waals surface area (Å²) in [7, 11) is 0. The Morgan fingerprint density at radius 3 is 2.86 bits per heavy atom. The van der Waals surface area contributed by atoms with E-state index in [1.54, 1.807) is 30.0 Å². The number of benzene rings is 1. The zero-order valence-electron chi connectivity index (χ0n) is 8.29. The summed E-state index contributed by atoms with van der Waals surface area (Å²) in [5.41, 5.74) is -1.45. The van der Waals surface area contributed by atoms with Crippen LogP contribution in [0.1, 0.15) is 19.4 Å². The Hall–Kier alpha value is -0.830. The number of thioether (sulfide) groups is 1. The Kier molecular flexibility index (Phi) is 3.69. The van der Waals surface area contributed by atoms with Crippen LogP contribution in [0.2, 0.25) is 0 Å². The summed E-state index contributed by atoms with van der Waals surface area (Å²) in [5, 5.41) is 0. The number of rotatable bonds is 4. The lowest BCUT2D eigenvalue weighted by Crippen LogP contribution is -2.16. The maximum atomic E-state index is 13.6. The van der Waals surface area contributed by atoms with E-state index in [0.29, 0.717) is 11.8 Å². The van der Waals surface area contributed by atoms with Gasteiger partial charge in [0.2, 0.25) is 0 Å². The largest absolute Gasteiger partial charge is 0.299 e. The van der Waals surface area contributed by atoms with Crippen molar-refractivity contribution in [3.05, 3.63) is 29.8 Å². The summed E-state index contributed by atoms with van der Waals surface area (Å²) >= 11 is 1.63. The molecule has 1 nitrogen and oxygen atoms in total. The van der Waals surface area contributed by atoms with E-state index in [0.717, 1.165) is 10.6 Å². The lowest BCUT2D eigenvalue weighted by atomic mass is 10.00. The van der Waals surface area contributed by atoms with Crippen molar-refractivity contribution in [3.63, 3.8) is 0 Å². The van der Waals surface area contributed by atoms with Crippen molar-refractivity contribution in [2.24, 2.45) is 0 Å². The minimum absolute atomic E-state index is 0.336. The van der Waals surface area contributed by atoms with Crippen LogP contribution in [0.25, 0.3) is 0 Å². The molecule has 1 unspecified atom stereocenters. The number of carbonyl (C=O) groups excluding carboxylic acids is 1. The number of hydrogen-bond acceptors (Lipinski definition) is 2. The highest BCUT2D eigenvalue weighted by Gasteiger charge is 2.24. The number of halogens is 1. The van der Waals surface area contributed by atoms with Crippen molar-refractivity contribution in [2.75, 3.05) is 5.75 Å². The molecule has 0 radical (unpaired) electrons. The van der Waals surface area contributed by atoms with Gasteiger partial charge in [0.15, 0.2) is 12.0 Å². The van der Waals surface area contributed by atoms with Crippen LogP contribution in [0.15, 0.2) is 29.2 Å². The van der Waals surface area contributed by atoms with Crippen molar-refractivity contribution in [2.45, 2.75) is 24.4 Å². The normalized spacial score (nSPS) is 14.8. The van der Waals surface area contributed by atoms with Crippen LogP contribution >= 0.6 is 11.8 Å². The van der Waals surface area contributed by atoms with Crippen molar-refractivity contribution < 1.29 is 9.18 Å². The van der Waals surface area contributed by atoms with E-state index in [4.69, 9.17) is 0 Å². The van der Waals surface area contributed by atoms with Gasteiger partial charge < -0.3 is 0 Å². The molecule has 0 N–H and O–H groups in total. The maximum absolute atomic E-state index is 13.6. The first kappa shape index (κ1) is 11.2. The standard InChI is InChI=1S/C11H13FOS/c1-3-14-10-6-4-5-9(7-10)11(2,12)8-13/h4-8H,3H2,1-2H3. The van der Waals surface area contributed by atoms with Gasteiger partial charge in [-0.15, -0.1) is 11.8 Å². The summed E-state index contributed by atoms with van der Waals surface area (Å²) < 4.78 is 13.6. The van der Waals surface area contributed by atoms with E-state index < -0.39 is 5.67 Å². The molecule has 0 saturated heterocycles. The van der Waals surface area contributed by atoms with Crippen LogP contribution in [0.4, 0.5) is 4.39 Å². The molecule has 0 fully saturated rings. The smallest absolute Gasteiger partial charge is 0.188 e. The molecule has 1 aromatic carbocycles. The van der Waals surface area contributed by atoms with E-state index in [-0.39, 0.29) is 0 Å². The van der Waals surface area contributed by atoms with Gasteiger partial charge in [-0.2, -0.15) is 0 Å². The molecular weight excluding hydrogens is 199 g/mol. The first-order valence-corrected chi connectivity index (χ1v) is 5.47. The SMILES string of the molecule is CCSc1cccc(C(C)(F)C=O)c1. The third kappa shape index (κ3) is 2.58. The average Bonchev–Trinajstić information content (AvgIpc) is 2.19. The van der Waals surface area contributed by atoms with E-state index in [1.165, 1.54) is 6.92 Å². The van der Waals surface area contributed by atoms with E-state index in [1.807, 2.05) is 13.0 Å². The molecule has 0 aliphatic rings. The molecule has 76 valence electrons. The lowest BCUT2D eigenvalue weighted by molar-refractivity contribution is -0.117. The lowest BCUT2D eigenvalue weighted by Gasteiger charge is -2.13. The minimum Gasteiger partial charge on any atom is -0.299 e. The molecular formula is C11H13FOS. The fraction of sp³-hybridized carbons (Fsp3) is 0.364. The van der Waals surface area contributed by atoms with Crippen LogP contribution in [0.3, 0.4) is 0 Å². The second-order valence-electron chi connectivity index (χ2n) is 3.15. The highest BCUT2D eigenvalue weighted by Crippen LogP contribution is 2.27. The van der Waals surface area contributed by atoms with Gasteiger partial charge in [-0.3, -0.25) is 4.79 Å². The topological polar surface area (TPSA) is 17.1 Å². The Bertz CT molecular complexity index is 323. The molecule has 0 bridgehead atoms. The highest BCUT2D eigenvalue weighted by molar-refractivity contribution is 7.99. The second kappa shape index (κ2) is 4.60. The van der Waals surface area contributed by atoms with Gasteiger partial charge in [0.25, 0.3) is 0 Å². The summed E-state index contributed by atoms with van der Waals surface area (Å²) in [6.07, 6.45) is 0.336. The molecule has 0 aromatic heterocycles. The molecule has 0 aliphatic carbocycles. The first-order valence-electron chi connectivity index (χ1n) is 4.48. The Morgan fingerprint density at radius 1 is 1.57 bits per heavy atom. The first-order chi connectivity index (χ1) is 6.60. The van der Waals surface area contributed by atoms with Gasteiger partial charge >= 0.3 is 0 Å². The van der Waals surface area contributed by atoms with Crippen LogP contribution in [0, 0.1) is 0 Å². The van der Waals surface area contributed by atoms with Crippen LogP contribution in [0.5, 0.6) is 0 Å². The molecule has 1 rings (SSSR count). The molecule has 1 aromatic rings. The third-order valence-electron chi connectivity index (χ3n) is 1.93. The molecule has 14 heavy (non-hydrogen) atoms. The van der Waals surface area contributed by atoms with Crippen LogP contribution in [-0.4, -0.2) is 12.0 Å². The molecule has 0 amide bonds. The van der Waals surface area contributed by atoms with Crippen LogP contribution < -0.4 is 0 Å². The maximum Gasteiger partial charge on any atom is 0.188 e. The van der Waals surface area contributed by atoms with Crippen molar-refractivity contribution >= 4 is 18.0 Å². The number of aldehydes is 1. The molecule has 3 heteroatoms. The Morgan fingerprint density at radius 2 is 2.29 bits per heavy atom. The summed E-state index contributed by atoms with van der Waals surface area (Å²) in [5.74, 6) is 0.938. The molecule has 0 saturated carbocycles. The van der Waals surface area contributed by atoms with Crippen molar-refractivity contribution in [3.8, 4) is 0 Å². The van der Waals surface area contributed by atoms with Gasteiger partial charge in [0.05, 0.1) is 0 Å². The Labute approximate surface area is 87.7 Å². The van der Waals surface area contributed by atoms with Gasteiger partial charge in [0, 0.05) is 4.90 Å². The van der Waals surface area contributed by atoms with Crippen molar-refractivity contribution in [1.82, 2.24) is 0 Å². The van der Waals surface area contributed by atoms with E-state index in [2.05, 4.69) is 0 Å².